The van der Waals surface area contributed by atoms with Crippen LogP contribution in [0.1, 0.15) is 55.7 Å². The highest BCUT2D eigenvalue weighted by Crippen LogP contribution is 2.36. The highest BCUT2D eigenvalue weighted by molar-refractivity contribution is 6.33. The Bertz CT molecular complexity index is 1470. The highest BCUT2D eigenvalue weighted by atomic mass is 35.5. The molecular weight excluding hydrogens is 570 g/mol. The number of benzene rings is 1. The van der Waals surface area contributed by atoms with E-state index in [4.69, 9.17) is 21.1 Å². The molecule has 0 radical (unpaired) electrons. The van der Waals surface area contributed by atoms with Crippen LogP contribution in [0.25, 0.3) is 11.3 Å². The summed E-state index contributed by atoms with van der Waals surface area (Å²) in [6, 6.07) is 4.89. The summed E-state index contributed by atoms with van der Waals surface area (Å²) in [6.45, 7) is 7.79. The summed E-state index contributed by atoms with van der Waals surface area (Å²) in [5.41, 5.74) is -0.323. The Morgan fingerprint density at radius 1 is 1.20 bits per heavy atom. The zero-order valence-corrected chi connectivity index (χ0v) is 23.6. The molecule has 0 fully saturated rings. The van der Waals surface area contributed by atoms with Crippen LogP contribution in [0.15, 0.2) is 24.3 Å². The lowest BCUT2D eigenvalue weighted by molar-refractivity contribution is -0.189. The fraction of sp³-hybridized carbons (Fsp3) is 0.407. The minimum Gasteiger partial charge on any atom is -0.480 e. The summed E-state index contributed by atoms with van der Waals surface area (Å²) in [4.78, 5) is 31.8. The van der Waals surface area contributed by atoms with Crippen molar-refractivity contribution in [3.05, 3.63) is 52.1 Å². The van der Waals surface area contributed by atoms with Crippen LogP contribution < -0.4 is 15.0 Å². The van der Waals surface area contributed by atoms with Gasteiger partial charge in [-0.3, -0.25) is 14.8 Å². The van der Waals surface area contributed by atoms with Crippen molar-refractivity contribution in [2.24, 2.45) is 0 Å². The second-order valence-electron chi connectivity index (χ2n) is 10.5. The molecule has 0 spiro atoms. The van der Waals surface area contributed by atoms with E-state index in [9.17, 15) is 22.8 Å². The number of pyridine rings is 1. The van der Waals surface area contributed by atoms with Gasteiger partial charge in [0, 0.05) is 12.1 Å². The average molecular weight is 598 g/mol. The summed E-state index contributed by atoms with van der Waals surface area (Å²) >= 11 is 5.97. The van der Waals surface area contributed by atoms with Crippen LogP contribution in [0, 0.1) is 12.7 Å². The van der Waals surface area contributed by atoms with Crippen molar-refractivity contribution in [1.29, 1.82) is 0 Å². The van der Waals surface area contributed by atoms with Gasteiger partial charge in [0.1, 0.15) is 28.7 Å². The molecule has 0 bridgehead atoms. The molecule has 1 atom stereocenters. The van der Waals surface area contributed by atoms with Crippen molar-refractivity contribution >= 4 is 35.1 Å². The van der Waals surface area contributed by atoms with E-state index in [-0.39, 0.29) is 27.9 Å². The van der Waals surface area contributed by atoms with Crippen molar-refractivity contribution in [2.75, 3.05) is 16.8 Å². The maximum absolute atomic E-state index is 15.5. The van der Waals surface area contributed by atoms with Gasteiger partial charge in [-0.15, -0.1) is 0 Å². The molecule has 2 amide bonds. The molecule has 14 heteroatoms. The molecule has 41 heavy (non-hydrogen) atoms. The summed E-state index contributed by atoms with van der Waals surface area (Å²) < 4.78 is 66.4. The lowest BCUT2D eigenvalue weighted by Gasteiger charge is -2.31. The van der Waals surface area contributed by atoms with E-state index in [2.05, 4.69) is 20.5 Å². The number of hydrogen-bond donors (Lipinski definition) is 2. The Hall–Kier alpha value is -3.87. The van der Waals surface area contributed by atoms with Crippen LogP contribution in [-0.4, -0.2) is 51.6 Å². The molecule has 9 nitrogen and oxygen atoms in total. The third-order valence-corrected chi connectivity index (χ3v) is 6.42. The fourth-order valence-corrected chi connectivity index (χ4v) is 4.32. The van der Waals surface area contributed by atoms with Crippen LogP contribution in [0.4, 0.5) is 33.9 Å². The number of anilines is 2. The fourth-order valence-electron chi connectivity index (χ4n) is 4.09. The number of H-pyrrole nitrogens is 1. The van der Waals surface area contributed by atoms with Crippen molar-refractivity contribution in [2.45, 2.75) is 65.3 Å². The summed E-state index contributed by atoms with van der Waals surface area (Å²) in [5.74, 6) is -2.21. The number of alkyl halides is 3. The molecule has 0 aliphatic carbocycles. The van der Waals surface area contributed by atoms with Crippen molar-refractivity contribution in [3.63, 3.8) is 0 Å². The zero-order chi connectivity index (χ0) is 30.3. The number of aromatic amines is 1. The van der Waals surface area contributed by atoms with Crippen LogP contribution in [0.2, 0.25) is 5.15 Å². The second kappa shape index (κ2) is 11.2. The van der Waals surface area contributed by atoms with E-state index < -0.39 is 47.0 Å². The van der Waals surface area contributed by atoms with Crippen molar-refractivity contribution in [1.82, 2.24) is 15.2 Å². The minimum absolute atomic E-state index is 0.0157. The molecule has 1 aliphatic heterocycles. The van der Waals surface area contributed by atoms with Crippen LogP contribution in [0.3, 0.4) is 0 Å². The first kappa shape index (κ1) is 30.1. The van der Waals surface area contributed by atoms with Gasteiger partial charge in [-0.05, 0) is 71.2 Å². The van der Waals surface area contributed by atoms with Gasteiger partial charge >= 0.3 is 12.3 Å². The second-order valence-corrected chi connectivity index (χ2v) is 10.9. The largest absolute Gasteiger partial charge is 0.480 e. The number of halogens is 5. The zero-order valence-electron chi connectivity index (χ0n) is 22.9. The molecule has 220 valence electrons. The van der Waals surface area contributed by atoms with E-state index >= 15 is 4.39 Å². The van der Waals surface area contributed by atoms with Gasteiger partial charge in [0.2, 0.25) is 0 Å². The van der Waals surface area contributed by atoms with Crippen molar-refractivity contribution < 1.29 is 36.6 Å². The summed E-state index contributed by atoms with van der Waals surface area (Å²) in [7, 11) is 0. The van der Waals surface area contributed by atoms with Gasteiger partial charge in [0.15, 0.2) is 11.3 Å². The van der Waals surface area contributed by atoms with Gasteiger partial charge < -0.3 is 14.8 Å². The molecule has 0 unspecified atom stereocenters. The molecule has 4 rings (SSSR count). The quantitative estimate of drug-likeness (QED) is 0.312. The first-order valence-electron chi connectivity index (χ1n) is 12.6. The Morgan fingerprint density at radius 2 is 1.90 bits per heavy atom. The third kappa shape index (κ3) is 6.72. The molecule has 2 aromatic heterocycles. The number of amides is 2. The minimum atomic E-state index is -4.77. The Balaban J connectivity index is 1.77. The van der Waals surface area contributed by atoms with Crippen LogP contribution in [0.5, 0.6) is 5.75 Å². The third-order valence-electron chi connectivity index (χ3n) is 6.15. The molecular formula is C27H28ClF4N5O4. The number of aryl methyl sites for hydroxylation is 2. The Kier molecular flexibility index (Phi) is 8.21. The van der Waals surface area contributed by atoms with Gasteiger partial charge in [-0.25, -0.2) is 14.2 Å². The van der Waals surface area contributed by atoms with E-state index in [1.54, 1.807) is 33.8 Å². The molecule has 3 heterocycles. The molecule has 3 aromatic rings. The number of aromatic nitrogens is 3. The topological polar surface area (TPSA) is 109 Å². The predicted molar refractivity (Wildman–Crippen MR) is 144 cm³/mol. The number of ether oxygens (including phenoxy) is 2. The van der Waals surface area contributed by atoms with E-state index in [0.29, 0.717) is 25.1 Å². The monoisotopic (exact) mass is 597 g/mol. The van der Waals surface area contributed by atoms with E-state index in [0.717, 1.165) is 24.6 Å². The molecule has 0 saturated heterocycles. The van der Waals surface area contributed by atoms with Gasteiger partial charge in [-0.1, -0.05) is 17.7 Å². The van der Waals surface area contributed by atoms with E-state index in [1.165, 1.54) is 11.0 Å². The molecule has 0 saturated carbocycles. The number of nitrogens with one attached hydrogen (secondary N) is 2. The smallest absolute Gasteiger partial charge is 0.425 e. The lowest BCUT2D eigenvalue weighted by atomic mass is 10.0. The average Bonchev–Trinajstić information content (AvgIpc) is 3.19. The Morgan fingerprint density at radius 3 is 2.51 bits per heavy atom. The first-order chi connectivity index (χ1) is 19.0. The molecule has 2 N–H and O–H groups in total. The normalized spacial score (nSPS) is 14.3. The van der Waals surface area contributed by atoms with Gasteiger partial charge in [0.25, 0.3) is 5.91 Å². The van der Waals surface area contributed by atoms with Gasteiger partial charge in [0.05, 0.1) is 17.0 Å². The Labute approximate surface area is 238 Å². The van der Waals surface area contributed by atoms with Crippen molar-refractivity contribution in [3.8, 4) is 17.0 Å². The number of nitrogens with zero attached hydrogens (tertiary/aromatic N) is 3. The highest BCUT2D eigenvalue weighted by Gasteiger charge is 2.39. The standard InChI is InChI=1S/C27H28ClF4N5O4/c1-13-21(22(28)36-35-13)34-24(38)17-11-18(29)16(12-20(17)40-14(2)27(30,31)32)19-9-8-15-7-6-10-37(23(15)33-19)25(39)41-26(3,4)5/h8-9,11-12,14H,6-7,10H2,1-5H3,(H,34,38)(H,35,36)/t14-/m0/s1. The SMILES string of the molecule is Cc1[nH]nc(Cl)c1NC(=O)c1cc(F)c(-c2ccc3c(n2)N(C(=O)OC(C)(C)C)CCC3)cc1O[C@@H](C)C(F)(F)F. The maximum Gasteiger partial charge on any atom is 0.425 e. The van der Waals surface area contributed by atoms with Crippen LogP contribution in [-0.2, 0) is 11.2 Å². The number of rotatable bonds is 5. The number of carbonyl (C=O) groups excluding carboxylic acids is 2. The summed E-state index contributed by atoms with van der Waals surface area (Å²) in [5, 5.41) is 8.63. The summed E-state index contributed by atoms with van der Waals surface area (Å²) in [6.07, 6.45) is -6.47. The number of hydrogen-bond acceptors (Lipinski definition) is 6. The predicted octanol–water partition coefficient (Wildman–Crippen LogP) is 6.84. The number of fused-ring (bicyclic) bond motifs is 1. The van der Waals surface area contributed by atoms with E-state index in [1.807, 2.05) is 0 Å². The maximum atomic E-state index is 15.5. The van der Waals surface area contributed by atoms with Crippen LogP contribution >= 0.6 is 11.6 Å². The number of carbonyl (C=O) groups is 2. The first-order valence-corrected chi connectivity index (χ1v) is 13.0. The molecule has 1 aliphatic rings. The lowest BCUT2D eigenvalue weighted by Crippen LogP contribution is -2.40. The molecule has 1 aromatic carbocycles. The van der Waals surface area contributed by atoms with Gasteiger partial charge in [-0.2, -0.15) is 18.3 Å².